The zero-order chi connectivity index (χ0) is 28.0. The third-order valence-corrected chi connectivity index (χ3v) is 6.64. The van der Waals surface area contributed by atoms with Gasteiger partial charge in [0.05, 0.1) is 16.8 Å². The zero-order valence-electron chi connectivity index (χ0n) is 21.8. The minimum absolute atomic E-state index is 0.00131. The van der Waals surface area contributed by atoms with Crippen LogP contribution in [0.5, 0.6) is 0 Å². The maximum Gasteiger partial charge on any atom is 0.419 e. The second kappa shape index (κ2) is 12.3. The Labute approximate surface area is 225 Å². The van der Waals surface area contributed by atoms with Gasteiger partial charge in [0, 0.05) is 23.8 Å². The van der Waals surface area contributed by atoms with Crippen molar-refractivity contribution < 1.29 is 27.5 Å². The lowest BCUT2D eigenvalue weighted by Crippen LogP contribution is -2.37. The number of hydrogen-bond acceptors (Lipinski definition) is 6. The number of benzene rings is 2. The van der Waals surface area contributed by atoms with Crippen LogP contribution >= 0.6 is 0 Å². The molecule has 39 heavy (non-hydrogen) atoms. The van der Waals surface area contributed by atoms with Crippen LogP contribution in [0.2, 0.25) is 0 Å². The van der Waals surface area contributed by atoms with Crippen LogP contribution < -0.4 is 10.6 Å². The van der Waals surface area contributed by atoms with Gasteiger partial charge >= 0.3 is 12.1 Å². The van der Waals surface area contributed by atoms with Gasteiger partial charge in [-0.05, 0) is 68.9 Å². The van der Waals surface area contributed by atoms with E-state index in [2.05, 4.69) is 20.6 Å². The number of nitrogens with zero attached hydrogens (tertiary/aromatic N) is 2. The Balaban J connectivity index is 1.46. The fourth-order valence-electron chi connectivity index (χ4n) is 4.76. The van der Waals surface area contributed by atoms with Crippen LogP contribution in [0.4, 0.5) is 24.8 Å². The number of ether oxygens (including phenoxy) is 1. The van der Waals surface area contributed by atoms with Gasteiger partial charge in [0.25, 0.3) is 0 Å². The van der Waals surface area contributed by atoms with Crippen LogP contribution in [0.3, 0.4) is 0 Å². The third kappa shape index (κ3) is 7.55. The lowest BCUT2D eigenvalue weighted by atomic mass is 9.89. The first kappa shape index (κ1) is 28.1. The van der Waals surface area contributed by atoms with Crippen molar-refractivity contribution in [3.63, 3.8) is 0 Å². The molecular formula is C29H31F3N4O3. The number of carbonyl (C=O) groups is 2. The molecule has 1 amide bonds. The number of alkyl halides is 3. The van der Waals surface area contributed by atoms with E-state index in [9.17, 15) is 22.8 Å². The average molecular weight is 541 g/mol. The van der Waals surface area contributed by atoms with Crippen LogP contribution in [0.1, 0.15) is 60.3 Å². The Bertz CT molecular complexity index is 1280. The van der Waals surface area contributed by atoms with Gasteiger partial charge in [-0.2, -0.15) is 13.2 Å². The first-order chi connectivity index (χ1) is 18.6. The molecule has 2 N–H and O–H groups in total. The summed E-state index contributed by atoms with van der Waals surface area (Å²) in [6, 6.07) is 15.6. The molecule has 7 nitrogen and oxygen atoms in total. The molecule has 206 valence electrons. The van der Waals surface area contributed by atoms with Crippen LogP contribution in [0.15, 0.2) is 60.8 Å². The monoisotopic (exact) mass is 540 g/mol. The van der Waals surface area contributed by atoms with Crippen molar-refractivity contribution >= 4 is 23.5 Å². The number of anilines is 2. The number of esters is 1. The average Bonchev–Trinajstić information content (AvgIpc) is 3.36. The molecule has 2 atom stereocenters. The second-order valence-electron chi connectivity index (χ2n) is 9.98. The van der Waals surface area contributed by atoms with Gasteiger partial charge < -0.3 is 15.4 Å². The Kier molecular flexibility index (Phi) is 8.83. The standard InChI is InChI=1S/C29H31F3N4O3/c1-18(2)34-26(37)23-10-6-9-21(23)15-25-24(29(30,31)32)16-33-28(36-25)35-22-13-11-20(12-14-22)27(38)39-17-19-7-4-3-5-8-19/h3-5,7-8,11-14,16,18,21,23H,6,9-10,15,17H2,1-2H3,(H,34,37)(H,33,35,36)/t21-,23-/m0/s1. The summed E-state index contributed by atoms with van der Waals surface area (Å²) in [6.45, 7) is 3.85. The molecule has 3 aromatic rings. The normalized spacial score (nSPS) is 17.2. The van der Waals surface area contributed by atoms with Crippen molar-refractivity contribution in [3.8, 4) is 0 Å². The number of rotatable bonds is 9. The predicted octanol–water partition coefficient (Wildman–Crippen LogP) is 6.08. The quantitative estimate of drug-likeness (QED) is 0.320. The summed E-state index contributed by atoms with van der Waals surface area (Å²) in [4.78, 5) is 33.1. The molecule has 4 rings (SSSR count). The molecular weight excluding hydrogens is 509 g/mol. The SMILES string of the molecule is CC(C)NC(=O)[C@H]1CCC[C@H]1Cc1nc(Nc2ccc(C(=O)OCc3ccccc3)cc2)ncc1C(F)(F)F. The molecule has 0 aliphatic heterocycles. The molecule has 1 aromatic heterocycles. The van der Waals surface area contributed by atoms with Crippen molar-refractivity contribution in [3.05, 3.63) is 83.2 Å². The Morgan fingerprint density at radius 2 is 1.77 bits per heavy atom. The third-order valence-electron chi connectivity index (χ3n) is 6.64. The van der Waals surface area contributed by atoms with Gasteiger partial charge in [-0.1, -0.05) is 36.8 Å². The summed E-state index contributed by atoms with van der Waals surface area (Å²) in [5.41, 5.74) is 0.645. The van der Waals surface area contributed by atoms with Crippen LogP contribution in [0.25, 0.3) is 0 Å². The molecule has 1 heterocycles. The maximum atomic E-state index is 13.8. The fraction of sp³-hybridized carbons (Fsp3) is 0.379. The first-order valence-electron chi connectivity index (χ1n) is 12.9. The van der Waals surface area contributed by atoms with E-state index in [1.165, 1.54) is 0 Å². The number of hydrogen-bond donors (Lipinski definition) is 2. The molecule has 0 unspecified atom stereocenters. The molecule has 0 spiro atoms. The molecule has 10 heteroatoms. The summed E-state index contributed by atoms with van der Waals surface area (Å²) >= 11 is 0. The van der Waals surface area contributed by atoms with Crippen molar-refractivity contribution in [2.45, 2.75) is 58.4 Å². The second-order valence-corrected chi connectivity index (χ2v) is 9.98. The van der Waals surface area contributed by atoms with Gasteiger partial charge in [0.2, 0.25) is 11.9 Å². The van der Waals surface area contributed by atoms with Gasteiger partial charge in [-0.25, -0.2) is 14.8 Å². The summed E-state index contributed by atoms with van der Waals surface area (Å²) < 4.78 is 46.7. The Morgan fingerprint density at radius 1 is 1.05 bits per heavy atom. The van der Waals surface area contributed by atoms with Gasteiger partial charge in [-0.15, -0.1) is 0 Å². The van der Waals surface area contributed by atoms with Crippen LogP contribution in [-0.2, 0) is 28.7 Å². The van der Waals surface area contributed by atoms with E-state index >= 15 is 0 Å². The summed E-state index contributed by atoms with van der Waals surface area (Å²) in [6.07, 6.45) is -1.75. The molecule has 1 saturated carbocycles. The summed E-state index contributed by atoms with van der Waals surface area (Å²) in [5, 5.41) is 5.79. The number of nitrogens with one attached hydrogen (secondary N) is 2. The highest BCUT2D eigenvalue weighted by Gasteiger charge is 2.39. The predicted molar refractivity (Wildman–Crippen MR) is 140 cm³/mol. The van der Waals surface area contributed by atoms with E-state index in [0.29, 0.717) is 24.1 Å². The van der Waals surface area contributed by atoms with E-state index in [1.807, 2.05) is 44.2 Å². The lowest BCUT2D eigenvalue weighted by Gasteiger charge is -2.22. The number of halogens is 3. The highest BCUT2D eigenvalue weighted by Crippen LogP contribution is 2.38. The zero-order valence-corrected chi connectivity index (χ0v) is 21.8. The topological polar surface area (TPSA) is 93.2 Å². The minimum Gasteiger partial charge on any atom is -0.457 e. The number of aromatic nitrogens is 2. The van der Waals surface area contributed by atoms with Crippen molar-refractivity contribution in [2.24, 2.45) is 11.8 Å². The molecule has 1 aliphatic carbocycles. The van der Waals surface area contributed by atoms with E-state index in [-0.39, 0.29) is 48.5 Å². The molecule has 1 aliphatic rings. The van der Waals surface area contributed by atoms with Crippen molar-refractivity contribution in [1.29, 1.82) is 0 Å². The molecule has 0 saturated heterocycles. The van der Waals surface area contributed by atoms with Crippen molar-refractivity contribution in [2.75, 3.05) is 5.32 Å². The minimum atomic E-state index is -4.62. The highest BCUT2D eigenvalue weighted by atomic mass is 19.4. The van der Waals surface area contributed by atoms with E-state index in [1.54, 1.807) is 24.3 Å². The Hall–Kier alpha value is -3.95. The highest BCUT2D eigenvalue weighted by molar-refractivity contribution is 5.89. The summed E-state index contributed by atoms with van der Waals surface area (Å²) in [5.74, 6) is -1.22. The molecule has 0 radical (unpaired) electrons. The van der Waals surface area contributed by atoms with Gasteiger partial charge in [-0.3, -0.25) is 4.79 Å². The number of carbonyl (C=O) groups excluding carboxylic acids is 2. The van der Waals surface area contributed by atoms with E-state index < -0.39 is 17.7 Å². The largest absolute Gasteiger partial charge is 0.457 e. The maximum absolute atomic E-state index is 13.8. The molecule has 1 fully saturated rings. The van der Waals surface area contributed by atoms with E-state index in [0.717, 1.165) is 18.2 Å². The molecule has 2 aromatic carbocycles. The molecule has 0 bridgehead atoms. The first-order valence-corrected chi connectivity index (χ1v) is 12.9. The fourth-order valence-corrected chi connectivity index (χ4v) is 4.76. The number of amides is 1. The Morgan fingerprint density at radius 3 is 2.44 bits per heavy atom. The van der Waals surface area contributed by atoms with Crippen LogP contribution in [-0.4, -0.2) is 27.9 Å². The van der Waals surface area contributed by atoms with E-state index in [4.69, 9.17) is 4.74 Å². The smallest absolute Gasteiger partial charge is 0.419 e. The van der Waals surface area contributed by atoms with Gasteiger partial charge in [0.15, 0.2) is 0 Å². The lowest BCUT2D eigenvalue weighted by molar-refractivity contribution is -0.138. The van der Waals surface area contributed by atoms with Crippen LogP contribution in [0, 0.1) is 11.8 Å². The summed E-state index contributed by atoms with van der Waals surface area (Å²) in [7, 11) is 0. The van der Waals surface area contributed by atoms with Crippen molar-refractivity contribution in [1.82, 2.24) is 15.3 Å². The van der Waals surface area contributed by atoms with Gasteiger partial charge in [0.1, 0.15) is 6.61 Å².